The Balaban J connectivity index is 6.68. The second-order valence-corrected chi connectivity index (χ2v) is 5.32. The van der Waals surface area contributed by atoms with Crippen molar-refractivity contribution in [3.63, 3.8) is 0 Å². The van der Waals surface area contributed by atoms with Crippen molar-refractivity contribution < 1.29 is 75.8 Å². The minimum atomic E-state index is -8.39. The average molecular weight is 468 g/mol. The molecule has 0 heterocycles. The number of hydrogen-bond acceptors (Lipinski definition) is 1. The van der Waals surface area contributed by atoms with E-state index < -0.39 is 65.8 Å². The quantitative estimate of drug-likeness (QED) is 0.362. The molecule has 1 N–H and O–H groups in total. The van der Waals surface area contributed by atoms with E-state index in [2.05, 4.69) is 0 Å². The predicted octanol–water partition coefficient (Wildman–Crippen LogP) is 5.78. The number of rotatable bonds is 8. The van der Waals surface area contributed by atoms with Crippen LogP contribution in [0.2, 0.25) is 0 Å². The molecule has 0 bridgehead atoms. The second-order valence-electron chi connectivity index (χ2n) is 5.32. The molecule has 172 valence electrons. The Morgan fingerprint density at radius 1 is 0.655 bits per heavy atom. The maximum absolute atomic E-state index is 13.4. The maximum atomic E-state index is 13.4. The largest absolute Gasteiger partial charge is 0.478 e. The van der Waals surface area contributed by atoms with Crippen LogP contribution in [0.3, 0.4) is 0 Å². The molecule has 0 aromatic rings. The van der Waals surface area contributed by atoms with Crippen molar-refractivity contribution in [3.05, 3.63) is 11.6 Å². The standard InChI is InChI=1S/C12H7F15O2/c1-2-4(5(28)29)3-6(13,14)7(15,16)8(17,18)9(19,20)10(21,22)11(23,24)12(25,26)27/h3H,2H2,1H3,(H,28,29). The topological polar surface area (TPSA) is 37.3 Å². The zero-order valence-electron chi connectivity index (χ0n) is 13.3. The fourth-order valence-electron chi connectivity index (χ4n) is 1.60. The molecule has 0 aromatic heterocycles. The fourth-order valence-corrected chi connectivity index (χ4v) is 1.60. The van der Waals surface area contributed by atoms with E-state index >= 15 is 0 Å². The molecule has 0 amide bonds. The van der Waals surface area contributed by atoms with Crippen LogP contribution in [0.25, 0.3) is 0 Å². The lowest BCUT2D eigenvalue weighted by atomic mass is 9.90. The van der Waals surface area contributed by atoms with Crippen molar-refractivity contribution >= 4 is 5.97 Å². The zero-order chi connectivity index (χ0) is 24.1. The van der Waals surface area contributed by atoms with Gasteiger partial charge < -0.3 is 5.11 Å². The molecule has 0 aliphatic carbocycles. The third-order valence-electron chi connectivity index (χ3n) is 3.36. The van der Waals surface area contributed by atoms with Crippen LogP contribution in [0.4, 0.5) is 65.9 Å². The zero-order valence-corrected chi connectivity index (χ0v) is 13.3. The lowest BCUT2D eigenvalue weighted by Gasteiger charge is -2.41. The van der Waals surface area contributed by atoms with E-state index in [1.807, 2.05) is 0 Å². The van der Waals surface area contributed by atoms with Gasteiger partial charge in [-0.3, -0.25) is 0 Å². The Labute approximate surface area is 150 Å². The Hall–Kier alpha value is -1.84. The average Bonchev–Trinajstić information content (AvgIpc) is 2.50. The van der Waals surface area contributed by atoms with Gasteiger partial charge in [-0.1, -0.05) is 6.92 Å². The van der Waals surface area contributed by atoms with E-state index in [1.54, 1.807) is 0 Å². The summed E-state index contributed by atoms with van der Waals surface area (Å²) in [5, 5.41) is 8.36. The smallest absolute Gasteiger partial charge is 0.460 e. The molecule has 0 saturated carbocycles. The van der Waals surface area contributed by atoms with Gasteiger partial charge in [0, 0.05) is 11.6 Å². The van der Waals surface area contributed by atoms with Gasteiger partial charge in [-0.2, -0.15) is 65.9 Å². The van der Waals surface area contributed by atoms with Gasteiger partial charge >= 0.3 is 47.7 Å². The van der Waals surface area contributed by atoms with Crippen LogP contribution in [0.1, 0.15) is 13.3 Å². The first-order valence-electron chi connectivity index (χ1n) is 6.65. The summed E-state index contributed by atoms with van der Waals surface area (Å²) in [6.07, 6.45) is -10.3. The van der Waals surface area contributed by atoms with Crippen molar-refractivity contribution in [1.82, 2.24) is 0 Å². The van der Waals surface area contributed by atoms with Gasteiger partial charge in [0.1, 0.15) is 0 Å². The lowest BCUT2D eigenvalue weighted by molar-refractivity contribution is -0.449. The third-order valence-corrected chi connectivity index (χ3v) is 3.36. The summed E-state index contributed by atoms with van der Waals surface area (Å²) in [4.78, 5) is 10.5. The van der Waals surface area contributed by atoms with E-state index in [9.17, 15) is 70.7 Å². The fraction of sp³-hybridized carbons (Fsp3) is 0.750. The van der Waals surface area contributed by atoms with Crippen molar-refractivity contribution in [2.24, 2.45) is 0 Å². The Morgan fingerprint density at radius 3 is 1.24 bits per heavy atom. The van der Waals surface area contributed by atoms with Crippen LogP contribution in [-0.4, -0.2) is 52.8 Å². The molecule has 2 nitrogen and oxygen atoms in total. The molecule has 0 fully saturated rings. The van der Waals surface area contributed by atoms with Crippen LogP contribution in [0.15, 0.2) is 11.6 Å². The van der Waals surface area contributed by atoms with E-state index in [-0.39, 0.29) is 0 Å². The summed E-state index contributed by atoms with van der Waals surface area (Å²) >= 11 is 0. The molecule has 0 rings (SSSR count). The molecule has 29 heavy (non-hydrogen) atoms. The van der Waals surface area contributed by atoms with Crippen LogP contribution >= 0.6 is 0 Å². The summed E-state index contributed by atoms with van der Waals surface area (Å²) < 4.78 is 193. The number of alkyl halides is 15. The van der Waals surface area contributed by atoms with E-state index in [0.717, 1.165) is 0 Å². The molecule has 0 unspecified atom stereocenters. The Morgan fingerprint density at radius 2 is 0.966 bits per heavy atom. The van der Waals surface area contributed by atoms with Gasteiger partial charge in [-0.05, 0) is 6.42 Å². The third kappa shape index (κ3) is 3.83. The highest BCUT2D eigenvalue weighted by atomic mass is 19.4. The molecule has 0 spiro atoms. The monoisotopic (exact) mass is 468 g/mol. The van der Waals surface area contributed by atoms with Gasteiger partial charge in [0.2, 0.25) is 0 Å². The number of halogens is 15. The highest BCUT2D eigenvalue weighted by Gasteiger charge is 2.93. The SMILES string of the molecule is CCC(=CC(F)(F)C(F)(F)C(F)(F)C(F)(F)C(F)(F)C(F)(F)C(F)(F)F)C(=O)O. The summed E-state index contributed by atoms with van der Waals surface area (Å²) in [5.74, 6) is -49.9. The number of hydrogen-bond donors (Lipinski definition) is 1. The van der Waals surface area contributed by atoms with E-state index in [4.69, 9.17) is 5.11 Å². The minimum Gasteiger partial charge on any atom is -0.478 e. The predicted molar refractivity (Wildman–Crippen MR) is 61.7 cm³/mol. The number of carboxylic acids is 1. The molecular weight excluding hydrogens is 461 g/mol. The molecule has 17 heteroatoms. The highest BCUT2D eigenvalue weighted by Crippen LogP contribution is 2.62. The molecule has 0 aromatic carbocycles. The molecular formula is C12H7F15O2. The van der Waals surface area contributed by atoms with Crippen LogP contribution in [-0.2, 0) is 4.79 Å². The molecule has 0 atom stereocenters. The van der Waals surface area contributed by atoms with Gasteiger partial charge in [0.05, 0.1) is 0 Å². The first-order chi connectivity index (χ1) is 12.4. The summed E-state index contributed by atoms with van der Waals surface area (Å²) in [7, 11) is 0. The number of carbonyl (C=O) groups is 1. The van der Waals surface area contributed by atoms with Crippen molar-refractivity contribution in [1.29, 1.82) is 0 Å². The molecule has 0 aliphatic rings. The minimum absolute atomic E-state index is 0.666. The Bertz CT molecular complexity index is 659. The van der Waals surface area contributed by atoms with Gasteiger partial charge in [0.25, 0.3) is 0 Å². The summed E-state index contributed by atoms with van der Waals surface area (Å²) in [5.41, 5.74) is -1.82. The summed E-state index contributed by atoms with van der Waals surface area (Å²) in [6, 6.07) is 0. The van der Waals surface area contributed by atoms with Gasteiger partial charge in [-0.25, -0.2) is 4.79 Å². The Kier molecular flexibility index (Phi) is 6.69. The normalized spacial score (nSPS) is 16.2. The first-order valence-corrected chi connectivity index (χ1v) is 6.65. The molecule has 0 aliphatic heterocycles. The van der Waals surface area contributed by atoms with Crippen LogP contribution in [0, 0.1) is 0 Å². The molecule has 0 radical (unpaired) electrons. The number of aliphatic carboxylic acids is 1. The van der Waals surface area contributed by atoms with Crippen LogP contribution in [0.5, 0.6) is 0 Å². The lowest BCUT2D eigenvalue weighted by Crippen LogP contribution is -2.72. The van der Waals surface area contributed by atoms with E-state index in [1.165, 1.54) is 0 Å². The van der Waals surface area contributed by atoms with Gasteiger partial charge in [-0.15, -0.1) is 0 Å². The van der Waals surface area contributed by atoms with Crippen molar-refractivity contribution in [2.75, 3.05) is 0 Å². The first kappa shape index (κ1) is 27.2. The van der Waals surface area contributed by atoms with Crippen LogP contribution < -0.4 is 0 Å². The van der Waals surface area contributed by atoms with Crippen molar-refractivity contribution in [2.45, 2.75) is 55.1 Å². The maximum Gasteiger partial charge on any atom is 0.460 e. The second kappa shape index (κ2) is 7.14. The highest BCUT2D eigenvalue weighted by molar-refractivity contribution is 5.86. The number of carboxylic acid groups (broad SMARTS) is 1. The van der Waals surface area contributed by atoms with Crippen molar-refractivity contribution in [3.8, 4) is 0 Å². The van der Waals surface area contributed by atoms with Gasteiger partial charge in [0.15, 0.2) is 0 Å². The number of allylic oxidation sites excluding steroid dienone is 1. The molecule has 0 saturated heterocycles. The summed E-state index contributed by atoms with van der Waals surface area (Å²) in [6.45, 7) is 0.666. The van der Waals surface area contributed by atoms with E-state index in [0.29, 0.717) is 6.92 Å².